The first-order valence-corrected chi connectivity index (χ1v) is 32.4. The highest BCUT2D eigenvalue weighted by Crippen LogP contribution is 2.67. The Hall–Kier alpha value is -6.65. The van der Waals surface area contributed by atoms with Gasteiger partial charge in [-0.05, 0) is 134 Å². The average molecular weight is 1250 g/mol. The van der Waals surface area contributed by atoms with E-state index in [2.05, 4.69) is 57.0 Å². The molecule has 20 nitrogen and oxygen atoms in total. The van der Waals surface area contributed by atoms with Gasteiger partial charge >= 0.3 is 32.4 Å². The molecule has 488 valence electrons. The number of allylic oxidation sites excluding steroid dienone is 2. The van der Waals surface area contributed by atoms with Gasteiger partial charge in [0.2, 0.25) is 5.70 Å². The lowest BCUT2D eigenvalue weighted by atomic mass is 9.43. The molecule has 0 spiro atoms. The molecule has 6 heterocycles. The molecular weight excluding hydrogens is 1160 g/mol. The maximum atomic E-state index is 13.4. The van der Waals surface area contributed by atoms with Gasteiger partial charge in [0.15, 0.2) is 0 Å². The first-order valence-electron chi connectivity index (χ1n) is 32.4. The molecule has 4 aromatic rings. The number of ether oxygens (including phenoxy) is 4. The molecule has 12 atom stereocenters. The number of nitriles is 1. The number of amides is 3. The zero-order valence-electron chi connectivity index (χ0n) is 55.0. The van der Waals surface area contributed by atoms with Crippen LogP contribution in [-0.4, -0.2) is 136 Å². The number of hydrogen-bond donors (Lipinski definition) is 3. The maximum absolute atomic E-state index is 13.4. The van der Waals surface area contributed by atoms with E-state index >= 15 is 0 Å². The molecule has 91 heavy (non-hydrogen) atoms. The van der Waals surface area contributed by atoms with Gasteiger partial charge in [0.1, 0.15) is 29.4 Å². The van der Waals surface area contributed by atoms with Gasteiger partial charge in [0.05, 0.1) is 86.9 Å². The number of benzene rings is 2. The van der Waals surface area contributed by atoms with Crippen LogP contribution in [0.1, 0.15) is 133 Å². The molecule has 4 bridgehead atoms. The minimum Gasteiger partial charge on any atom is -0.477 e. The number of alkyl carbamates (subject to hydrolysis) is 2. The number of morpholine rings is 1. The van der Waals surface area contributed by atoms with Crippen LogP contribution in [0, 0.1) is 69.2 Å². The number of hydrogen-bond acceptors (Lipinski definition) is 15. The molecule has 10 fully saturated rings. The smallest absolute Gasteiger partial charge is 0.477 e. The molecular formula is C69H91B2N5O15. The summed E-state index contributed by atoms with van der Waals surface area (Å²) in [5.74, 6) is -0.142. The van der Waals surface area contributed by atoms with E-state index in [9.17, 15) is 19.2 Å². The third-order valence-corrected chi connectivity index (χ3v) is 20.6. The van der Waals surface area contributed by atoms with Gasteiger partial charge in [0.25, 0.3) is 5.91 Å². The summed E-state index contributed by atoms with van der Waals surface area (Å²) in [6.07, 6.45) is 12.8. The van der Waals surface area contributed by atoms with Gasteiger partial charge in [-0.2, -0.15) is 5.26 Å². The van der Waals surface area contributed by atoms with Crippen molar-refractivity contribution in [2.75, 3.05) is 46.2 Å². The highest BCUT2D eigenvalue weighted by Gasteiger charge is 2.70. The molecule has 6 saturated carbocycles. The number of nitrogens with zero attached hydrogens (tertiary/aromatic N) is 3. The van der Waals surface area contributed by atoms with Crippen LogP contribution in [0.3, 0.4) is 0 Å². The van der Waals surface area contributed by atoms with E-state index in [1.807, 2.05) is 90.1 Å². The van der Waals surface area contributed by atoms with E-state index in [0.717, 1.165) is 71.8 Å². The molecule has 6 aliphatic carbocycles. The second-order valence-electron chi connectivity index (χ2n) is 30.0. The third-order valence-electron chi connectivity index (χ3n) is 20.6. The van der Waals surface area contributed by atoms with Crippen LogP contribution >= 0.6 is 0 Å². The highest BCUT2D eigenvalue weighted by molar-refractivity contribution is 6.48. The number of nitrogens with one attached hydrogen (secondary N) is 2. The SMILES string of the molecule is CC(C)(C)C=C(C#N)C(=O)O.CC1(C)[C@@H]2C[C@H]3OB([C@H](Cc4coc5ccccc45)NC(=O)OC[C@@H]4CCCOC4)O[C@@]3(C)[C@H]1C2.[C-]#[N+]C(=CC(C)(C)C)C(=O)N1CCOC[C@@H]1COC(=O)N[C@@H](Cc1coc2ccccc12)B1O[C@@H]2C[C@@H]3C[C@@H](C3(C)C)[C@]2(C)O1. The van der Waals surface area contributed by atoms with Crippen LogP contribution in [-0.2, 0) is 60.0 Å². The summed E-state index contributed by atoms with van der Waals surface area (Å²) >= 11 is 0. The maximum Gasteiger partial charge on any atom is 0.482 e. The number of furan rings is 2. The van der Waals surface area contributed by atoms with Crippen molar-refractivity contribution >= 4 is 60.2 Å². The Balaban J connectivity index is 0.000000175. The van der Waals surface area contributed by atoms with E-state index in [0.29, 0.717) is 62.9 Å². The molecule has 14 rings (SSSR count). The second kappa shape index (κ2) is 26.8. The van der Waals surface area contributed by atoms with Crippen molar-refractivity contribution in [1.29, 1.82) is 5.26 Å². The van der Waals surface area contributed by atoms with Crippen LogP contribution < -0.4 is 10.6 Å². The van der Waals surface area contributed by atoms with Crippen LogP contribution in [0.2, 0.25) is 0 Å². The fraction of sp³-hybridized carbons (Fsp3) is 0.623. The van der Waals surface area contributed by atoms with Gasteiger partial charge < -0.3 is 67.0 Å². The van der Waals surface area contributed by atoms with E-state index < -0.39 is 55.9 Å². The predicted octanol–water partition coefficient (Wildman–Crippen LogP) is 11.7. The fourth-order valence-corrected chi connectivity index (χ4v) is 15.5. The van der Waals surface area contributed by atoms with Crippen molar-refractivity contribution in [2.45, 2.75) is 176 Å². The molecule has 3 N–H and O–H groups in total. The summed E-state index contributed by atoms with van der Waals surface area (Å²) < 4.78 is 60.6. The van der Waals surface area contributed by atoms with Crippen molar-refractivity contribution in [3.63, 3.8) is 0 Å². The van der Waals surface area contributed by atoms with Crippen molar-refractivity contribution < 1.29 is 70.7 Å². The Bertz CT molecular complexity index is 3450. The minimum atomic E-state index is -1.16. The summed E-state index contributed by atoms with van der Waals surface area (Å²) in [6.45, 7) is 35.2. The topological polar surface area (TPSA) is 244 Å². The van der Waals surface area contributed by atoms with Gasteiger partial charge in [-0.15, -0.1) is 0 Å². The molecule has 4 aliphatic heterocycles. The molecule has 4 saturated heterocycles. The number of aliphatic carboxylic acids is 1. The molecule has 0 unspecified atom stereocenters. The Morgan fingerprint density at radius 3 is 1.67 bits per heavy atom. The van der Waals surface area contributed by atoms with Crippen LogP contribution in [0.4, 0.5) is 9.59 Å². The molecule has 2 aromatic carbocycles. The highest BCUT2D eigenvalue weighted by atomic mass is 16.7. The summed E-state index contributed by atoms with van der Waals surface area (Å²) in [5.41, 5.74) is 2.48. The van der Waals surface area contributed by atoms with Crippen molar-refractivity contribution in [1.82, 2.24) is 15.5 Å². The van der Waals surface area contributed by atoms with E-state index in [-0.39, 0.29) is 75.8 Å². The van der Waals surface area contributed by atoms with Crippen molar-refractivity contribution in [3.8, 4) is 6.07 Å². The van der Waals surface area contributed by atoms with Crippen LogP contribution in [0.25, 0.3) is 26.8 Å². The minimum absolute atomic E-state index is 0.0440. The Labute approximate surface area is 535 Å². The lowest BCUT2D eigenvalue weighted by molar-refractivity contribution is -0.199. The number of carboxylic acids is 1. The fourth-order valence-electron chi connectivity index (χ4n) is 15.5. The van der Waals surface area contributed by atoms with E-state index in [4.69, 9.17) is 63.3 Å². The first kappa shape index (κ1) is 67.2. The standard InChI is InChI=1S/C34H44BN3O7.C27H36BNO6.C8H11NO2/c1-32(2,3)17-25(36-7)30(39)38-12-13-41-19-23(38)20-43-31(40)37-29(14-21-18-42-26-11-9-8-10-24(21)26)35-44-28-16-22-15-27(33(22,4)5)34(28,6)45-35;1-26(2)19-12-22(26)27(3)23(13-19)34-28(35-27)24(11-18-16-32-21-9-5-4-8-20(18)21)29-25(30)33-15-17-7-6-10-31-14-17;1-8(2,3)4-6(5-9)7(10)11/h8-11,17-18,22-23,27-29H,12-16,19-20H2,1-6H3,(H,37,40);4-5,8-9,16-17,19,22-24H,6-7,10-15H2,1-3H3,(H,29,30);4H,1-3H3,(H,10,11)/t22-,23+,27-,28+,29-,34-;17-,19+,22+,23-,24+,27+;/m01./s1. The number of carboxylic acid groups (broad SMARTS) is 1. The predicted molar refractivity (Wildman–Crippen MR) is 341 cm³/mol. The second-order valence-corrected chi connectivity index (χ2v) is 30.0. The van der Waals surface area contributed by atoms with Gasteiger partial charge in [0, 0.05) is 29.8 Å². The van der Waals surface area contributed by atoms with E-state index in [1.165, 1.54) is 12.5 Å². The van der Waals surface area contributed by atoms with Crippen LogP contribution in [0.15, 0.2) is 93.3 Å². The number of para-hydroxylation sites is 2. The number of carbonyl (C=O) groups is 4. The Kier molecular flexibility index (Phi) is 19.8. The molecule has 2 aromatic heterocycles. The zero-order valence-corrected chi connectivity index (χ0v) is 55.0. The molecule has 0 radical (unpaired) electrons. The third kappa shape index (κ3) is 14.6. The molecule has 3 amide bonds. The largest absolute Gasteiger partial charge is 0.482 e. The van der Waals surface area contributed by atoms with Gasteiger partial charge in [-0.3, -0.25) is 4.79 Å². The molecule has 22 heteroatoms. The van der Waals surface area contributed by atoms with Crippen LogP contribution in [0.5, 0.6) is 0 Å². The van der Waals surface area contributed by atoms with Gasteiger partial charge in [-0.25, -0.2) is 19.2 Å². The molecule has 10 aliphatic rings. The normalized spacial score (nSPS) is 29.4. The van der Waals surface area contributed by atoms with Gasteiger partial charge in [-0.1, -0.05) is 118 Å². The Morgan fingerprint density at radius 2 is 1.23 bits per heavy atom. The summed E-state index contributed by atoms with van der Waals surface area (Å²) in [4.78, 5) is 55.0. The quantitative estimate of drug-likeness (QED) is 0.0460. The lowest BCUT2D eigenvalue weighted by Crippen LogP contribution is -2.65. The van der Waals surface area contributed by atoms with Crippen molar-refractivity contribution in [2.24, 2.45) is 51.2 Å². The van der Waals surface area contributed by atoms with Crippen molar-refractivity contribution in [3.05, 3.63) is 107 Å². The summed E-state index contributed by atoms with van der Waals surface area (Å²) in [6, 6.07) is 16.9. The zero-order chi connectivity index (χ0) is 65.4. The number of carbonyl (C=O) groups excluding carboxylic acids is 3. The number of fused-ring (bicyclic) bond motifs is 2. The Morgan fingerprint density at radius 1 is 0.736 bits per heavy atom. The monoisotopic (exact) mass is 1250 g/mol. The van der Waals surface area contributed by atoms with E-state index in [1.54, 1.807) is 29.6 Å². The summed E-state index contributed by atoms with van der Waals surface area (Å²) in [7, 11) is -1.21. The number of rotatable bonds is 14. The lowest BCUT2D eigenvalue weighted by Gasteiger charge is -2.64. The average Bonchev–Trinajstić information content (AvgIpc) is 1.67. The first-order chi connectivity index (χ1) is 43.0. The summed E-state index contributed by atoms with van der Waals surface area (Å²) in [5, 5.41) is 24.9.